The molecule has 0 saturated heterocycles. The van der Waals surface area contributed by atoms with Gasteiger partial charge in [-0.3, -0.25) is 0 Å². The second-order valence-electron chi connectivity index (χ2n) is 6.80. The van der Waals surface area contributed by atoms with Gasteiger partial charge in [-0.15, -0.1) is 0 Å². The molecular formula is C14H29N. The van der Waals surface area contributed by atoms with Crippen molar-refractivity contribution in [2.24, 2.45) is 23.0 Å². The van der Waals surface area contributed by atoms with Gasteiger partial charge in [-0.1, -0.05) is 40.5 Å². The Hall–Kier alpha value is -0.0400. The van der Waals surface area contributed by atoms with Crippen LogP contribution in [0.25, 0.3) is 0 Å². The minimum absolute atomic E-state index is 0.442. The van der Waals surface area contributed by atoms with Gasteiger partial charge in [0.05, 0.1) is 0 Å². The molecule has 90 valence electrons. The Morgan fingerprint density at radius 3 is 2.47 bits per heavy atom. The first-order valence-electron chi connectivity index (χ1n) is 6.64. The summed E-state index contributed by atoms with van der Waals surface area (Å²) in [4.78, 5) is 0. The molecule has 0 aromatic carbocycles. The molecular weight excluding hydrogens is 182 g/mol. The van der Waals surface area contributed by atoms with Gasteiger partial charge in [0.2, 0.25) is 0 Å². The maximum atomic E-state index is 6.32. The van der Waals surface area contributed by atoms with Crippen molar-refractivity contribution >= 4 is 0 Å². The van der Waals surface area contributed by atoms with Crippen LogP contribution in [0.15, 0.2) is 0 Å². The van der Waals surface area contributed by atoms with Gasteiger partial charge in [0.15, 0.2) is 0 Å². The molecule has 1 rings (SSSR count). The summed E-state index contributed by atoms with van der Waals surface area (Å²) in [6, 6.07) is 0.451. The van der Waals surface area contributed by atoms with Crippen molar-refractivity contribution < 1.29 is 0 Å². The molecule has 0 spiro atoms. The fraction of sp³-hybridized carbons (Fsp3) is 1.00. The first-order valence-corrected chi connectivity index (χ1v) is 6.64. The molecule has 0 heterocycles. The predicted molar refractivity (Wildman–Crippen MR) is 67.8 cm³/mol. The summed E-state index contributed by atoms with van der Waals surface area (Å²) in [5, 5.41) is 0. The van der Waals surface area contributed by atoms with E-state index in [4.69, 9.17) is 5.73 Å². The first kappa shape index (κ1) is 13.0. The zero-order valence-electron chi connectivity index (χ0n) is 11.1. The van der Waals surface area contributed by atoms with E-state index in [2.05, 4.69) is 27.7 Å². The summed E-state index contributed by atoms with van der Waals surface area (Å²) in [5.41, 5.74) is 6.76. The van der Waals surface area contributed by atoms with Crippen molar-refractivity contribution in [2.45, 2.75) is 72.3 Å². The molecule has 15 heavy (non-hydrogen) atoms. The van der Waals surface area contributed by atoms with Crippen molar-refractivity contribution in [1.82, 2.24) is 0 Å². The highest BCUT2D eigenvalue weighted by atomic mass is 14.7. The Kier molecular flexibility index (Phi) is 4.64. The Morgan fingerprint density at radius 2 is 1.93 bits per heavy atom. The first-order chi connectivity index (χ1) is 6.88. The summed E-state index contributed by atoms with van der Waals surface area (Å²) >= 11 is 0. The molecule has 3 unspecified atom stereocenters. The van der Waals surface area contributed by atoms with Gasteiger partial charge >= 0.3 is 0 Å². The van der Waals surface area contributed by atoms with Gasteiger partial charge in [-0.2, -0.15) is 0 Å². The number of nitrogens with two attached hydrogens (primary N) is 1. The van der Waals surface area contributed by atoms with Crippen molar-refractivity contribution in [2.75, 3.05) is 0 Å². The van der Waals surface area contributed by atoms with Gasteiger partial charge in [-0.25, -0.2) is 0 Å². The molecule has 0 aromatic heterocycles. The van der Waals surface area contributed by atoms with E-state index in [-0.39, 0.29) is 0 Å². The fourth-order valence-electron chi connectivity index (χ4n) is 2.71. The molecule has 0 bridgehead atoms. The second-order valence-corrected chi connectivity index (χ2v) is 6.80. The Bertz CT molecular complexity index is 180. The van der Waals surface area contributed by atoms with Crippen LogP contribution in [0.2, 0.25) is 0 Å². The van der Waals surface area contributed by atoms with Gasteiger partial charge in [0.25, 0.3) is 0 Å². The number of rotatable bonds is 3. The highest BCUT2D eigenvalue weighted by Crippen LogP contribution is 2.32. The summed E-state index contributed by atoms with van der Waals surface area (Å²) in [6.45, 7) is 9.30. The zero-order valence-corrected chi connectivity index (χ0v) is 11.1. The van der Waals surface area contributed by atoms with Gasteiger partial charge in [-0.05, 0) is 42.9 Å². The van der Waals surface area contributed by atoms with E-state index in [1.165, 1.54) is 38.5 Å². The summed E-state index contributed by atoms with van der Waals surface area (Å²) in [5.74, 6) is 1.71. The largest absolute Gasteiger partial charge is 0.327 e. The molecule has 1 aliphatic rings. The molecule has 0 amide bonds. The minimum atomic E-state index is 0.442. The van der Waals surface area contributed by atoms with E-state index in [0.717, 1.165) is 11.8 Å². The van der Waals surface area contributed by atoms with Crippen LogP contribution in [-0.2, 0) is 0 Å². The average Bonchev–Trinajstić information content (AvgIpc) is 2.13. The maximum Gasteiger partial charge on any atom is 0.00674 e. The molecule has 0 aliphatic heterocycles. The van der Waals surface area contributed by atoms with Crippen molar-refractivity contribution in [3.8, 4) is 0 Å². The smallest absolute Gasteiger partial charge is 0.00674 e. The minimum Gasteiger partial charge on any atom is -0.327 e. The summed E-state index contributed by atoms with van der Waals surface area (Å²) in [6.07, 6.45) is 8.03. The van der Waals surface area contributed by atoms with Crippen LogP contribution in [0.1, 0.15) is 66.2 Å². The SMILES string of the molecule is CC1CCCC(C(N)CCC(C)(C)C)C1. The topological polar surface area (TPSA) is 26.0 Å². The quantitative estimate of drug-likeness (QED) is 0.751. The van der Waals surface area contributed by atoms with Crippen LogP contribution in [-0.4, -0.2) is 6.04 Å². The van der Waals surface area contributed by atoms with Crippen LogP contribution in [0.4, 0.5) is 0 Å². The molecule has 1 aliphatic carbocycles. The second kappa shape index (κ2) is 5.34. The Balaban J connectivity index is 2.29. The van der Waals surface area contributed by atoms with Gasteiger partial charge in [0, 0.05) is 6.04 Å². The molecule has 1 nitrogen and oxygen atoms in total. The molecule has 1 heteroatoms. The lowest BCUT2D eigenvalue weighted by molar-refractivity contribution is 0.224. The van der Waals surface area contributed by atoms with Crippen LogP contribution >= 0.6 is 0 Å². The molecule has 1 fully saturated rings. The third-order valence-electron chi connectivity index (χ3n) is 3.81. The maximum absolute atomic E-state index is 6.32. The Labute approximate surface area is 95.8 Å². The van der Waals surface area contributed by atoms with Crippen LogP contribution in [0, 0.1) is 17.3 Å². The van der Waals surface area contributed by atoms with Crippen LogP contribution in [0.5, 0.6) is 0 Å². The fourth-order valence-corrected chi connectivity index (χ4v) is 2.71. The average molecular weight is 211 g/mol. The van der Waals surface area contributed by atoms with E-state index >= 15 is 0 Å². The van der Waals surface area contributed by atoms with Gasteiger partial charge in [0.1, 0.15) is 0 Å². The lowest BCUT2D eigenvalue weighted by Crippen LogP contribution is -2.34. The van der Waals surface area contributed by atoms with E-state index in [0.29, 0.717) is 11.5 Å². The van der Waals surface area contributed by atoms with Crippen LogP contribution in [0.3, 0.4) is 0 Å². The van der Waals surface area contributed by atoms with Gasteiger partial charge < -0.3 is 5.73 Å². The van der Waals surface area contributed by atoms with Crippen molar-refractivity contribution in [3.63, 3.8) is 0 Å². The number of hydrogen-bond donors (Lipinski definition) is 1. The third-order valence-corrected chi connectivity index (χ3v) is 3.81. The lowest BCUT2D eigenvalue weighted by atomic mass is 9.76. The molecule has 1 saturated carbocycles. The van der Waals surface area contributed by atoms with Crippen molar-refractivity contribution in [3.05, 3.63) is 0 Å². The van der Waals surface area contributed by atoms with E-state index in [9.17, 15) is 0 Å². The summed E-state index contributed by atoms with van der Waals surface area (Å²) in [7, 11) is 0. The Morgan fingerprint density at radius 1 is 1.27 bits per heavy atom. The van der Waals surface area contributed by atoms with E-state index < -0.39 is 0 Å². The monoisotopic (exact) mass is 211 g/mol. The van der Waals surface area contributed by atoms with Crippen LogP contribution < -0.4 is 5.73 Å². The zero-order chi connectivity index (χ0) is 11.5. The molecule has 3 atom stereocenters. The van der Waals surface area contributed by atoms with E-state index in [1.807, 2.05) is 0 Å². The van der Waals surface area contributed by atoms with Crippen molar-refractivity contribution in [1.29, 1.82) is 0 Å². The highest BCUT2D eigenvalue weighted by Gasteiger charge is 2.25. The summed E-state index contributed by atoms with van der Waals surface area (Å²) < 4.78 is 0. The molecule has 2 N–H and O–H groups in total. The van der Waals surface area contributed by atoms with E-state index in [1.54, 1.807) is 0 Å². The predicted octanol–water partition coefficient (Wildman–Crippen LogP) is 3.97. The molecule has 0 radical (unpaired) electrons. The lowest BCUT2D eigenvalue weighted by Gasteiger charge is -2.32. The highest BCUT2D eigenvalue weighted by molar-refractivity contribution is 4.80. The molecule has 0 aromatic rings. The third kappa shape index (κ3) is 5.01. The standard InChI is InChI=1S/C14H29N/c1-11-6-5-7-12(10-11)13(15)8-9-14(2,3)4/h11-13H,5-10,15H2,1-4H3. The normalized spacial score (nSPS) is 30.2. The number of hydrogen-bond acceptors (Lipinski definition) is 1.